The van der Waals surface area contributed by atoms with Crippen molar-refractivity contribution in [2.75, 3.05) is 39.3 Å². The van der Waals surface area contributed by atoms with Gasteiger partial charge in [-0.3, -0.25) is 101 Å². The lowest BCUT2D eigenvalue weighted by Gasteiger charge is -2.32. The van der Waals surface area contributed by atoms with Crippen molar-refractivity contribution in [1.29, 1.82) is 0 Å². The first-order valence-electron chi connectivity index (χ1n) is 53.2. The lowest BCUT2D eigenvalue weighted by atomic mass is 9.82. The molecule has 4 aliphatic rings. The molecule has 4 aliphatic heterocycles. The van der Waals surface area contributed by atoms with E-state index in [1.807, 2.05) is 26.8 Å². The van der Waals surface area contributed by atoms with Gasteiger partial charge in [-0.15, -0.1) is 0 Å². The molecule has 145 heavy (non-hydrogen) atoms. The fraction of sp³-hybridized carbons (Fsp3) is 0.743. The summed E-state index contributed by atoms with van der Waals surface area (Å²) in [6.07, 6.45) is 22.0. The van der Waals surface area contributed by atoms with E-state index in [0.29, 0.717) is 154 Å². The summed E-state index contributed by atoms with van der Waals surface area (Å²) in [6.45, 7) is 30.7. The van der Waals surface area contributed by atoms with Crippen LogP contribution >= 0.6 is 0 Å². The number of Topliss-reactive ketones (excluding diaryl/α,β-unsaturated/α-hetero) is 6. The Balaban J connectivity index is 0.000000656. The van der Waals surface area contributed by atoms with E-state index >= 15 is 0 Å². The van der Waals surface area contributed by atoms with Crippen molar-refractivity contribution >= 4 is 124 Å². The molecule has 0 spiro atoms. The maximum absolute atomic E-state index is 13.7. The number of guanidine groups is 4. The largest absolute Gasteiger partial charge is 0.370 e. The highest BCUT2D eigenvalue weighted by molar-refractivity contribution is 6.01. The van der Waals surface area contributed by atoms with Crippen molar-refractivity contribution in [1.82, 2.24) is 58.5 Å². The Morgan fingerprint density at radius 1 is 0.317 bits per heavy atom. The van der Waals surface area contributed by atoms with E-state index in [1.54, 1.807) is 114 Å². The molecule has 5 rings (SSSR count). The van der Waals surface area contributed by atoms with Crippen LogP contribution in [0.1, 0.15) is 373 Å². The zero-order chi connectivity index (χ0) is 109. The Morgan fingerprint density at radius 2 is 0.559 bits per heavy atom. The molecule has 0 radical (unpaired) electrons. The minimum absolute atomic E-state index is 0.0207. The second-order valence-electron chi connectivity index (χ2n) is 41.3. The van der Waals surface area contributed by atoms with Crippen LogP contribution in [0, 0.1) is 47.3 Å². The third-order valence-corrected chi connectivity index (χ3v) is 27.1. The number of rotatable bonds is 29. The molecule has 4 fully saturated rings. The van der Waals surface area contributed by atoms with Gasteiger partial charge in [-0.25, -0.2) is 0 Å². The number of ketones is 6. The number of nitrogens with two attached hydrogens (primary N) is 8. The number of hydrogen-bond acceptors (Lipinski definition) is 21. The Hall–Kier alpha value is -11.5. The van der Waals surface area contributed by atoms with Crippen molar-refractivity contribution in [2.24, 2.45) is 113 Å². The average Bonchev–Trinajstić information content (AvgIpc) is 0.993. The topological polar surface area (TPSA) is 680 Å². The monoisotopic (exact) mass is 2040 g/mol. The predicted molar refractivity (Wildman–Crippen MR) is 566 cm³/mol. The molecule has 1 aromatic carbocycles. The summed E-state index contributed by atoms with van der Waals surface area (Å²) in [5.74, 6) is -8.10. The van der Waals surface area contributed by atoms with Crippen LogP contribution in [0.15, 0.2) is 50.3 Å². The highest BCUT2D eigenvalue weighted by atomic mass is 16.2. The summed E-state index contributed by atoms with van der Waals surface area (Å²) in [5, 5.41) is 31.7. The molecular weight excluding hydrogens is 1860 g/mol. The molecule has 1 aromatic rings. The molecule has 0 aromatic heterocycles. The normalized spacial score (nSPS) is 25.4. The molecule has 4 heterocycles. The van der Waals surface area contributed by atoms with E-state index in [4.69, 9.17) is 45.9 Å². The minimum atomic E-state index is -1.21. The first-order valence-corrected chi connectivity index (χ1v) is 53.2. The van der Waals surface area contributed by atoms with Crippen LogP contribution in [-0.2, 0) is 81.5 Å². The summed E-state index contributed by atoms with van der Waals surface area (Å²) in [7, 11) is 0. The number of carbonyl (C=O) groups is 17. The second kappa shape index (κ2) is 68.8. The number of hydrogen-bond donors (Lipinski definition) is 19. The van der Waals surface area contributed by atoms with Crippen molar-refractivity contribution in [3.63, 3.8) is 0 Å². The van der Waals surface area contributed by atoms with Gasteiger partial charge in [0.1, 0.15) is 18.1 Å². The van der Waals surface area contributed by atoms with E-state index in [-0.39, 0.29) is 180 Å². The highest BCUT2D eigenvalue weighted by Crippen LogP contribution is 2.31. The molecular formula is C105H183N23O17. The van der Waals surface area contributed by atoms with E-state index in [9.17, 15) is 81.5 Å². The van der Waals surface area contributed by atoms with Crippen LogP contribution in [-0.4, -0.2) is 209 Å². The summed E-state index contributed by atoms with van der Waals surface area (Å²) >= 11 is 0. The molecule has 11 amide bonds. The Labute approximate surface area is 861 Å². The van der Waals surface area contributed by atoms with E-state index in [1.165, 1.54) is 0 Å². The first-order chi connectivity index (χ1) is 68.4. The van der Waals surface area contributed by atoms with E-state index in [2.05, 4.69) is 78.5 Å². The zero-order valence-electron chi connectivity index (χ0n) is 90.1. The van der Waals surface area contributed by atoms with Gasteiger partial charge in [0.2, 0.25) is 65.0 Å². The lowest BCUT2D eigenvalue weighted by molar-refractivity contribution is -0.137. The van der Waals surface area contributed by atoms with Gasteiger partial charge in [0.05, 0.1) is 34.2 Å². The maximum Gasteiger partial charge on any atom is 0.247 e. The molecule has 0 saturated carbocycles. The second-order valence-corrected chi connectivity index (χ2v) is 41.3. The number of amides is 11. The number of nitrogens with zero attached hydrogens (tertiary/aromatic N) is 4. The highest BCUT2D eigenvalue weighted by Gasteiger charge is 2.44. The van der Waals surface area contributed by atoms with Gasteiger partial charge in [-0.1, -0.05) is 190 Å². The van der Waals surface area contributed by atoms with Gasteiger partial charge in [-0.2, -0.15) is 0 Å². The third kappa shape index (κ3) is 50.4. The van der Waals surface area contributed by atoms with Crippen molar-refractivity contribution < 1.29 is 81.5 Å². The van der Waals surface area contributed by atoms with Crippen molar-refractivity contribution in [2.45, 2.75) is 414 Å². The molecule has 40 nitrogen and oxygen atoms in total. The van der Waals surface area contributed by atoms with Crippen LogP contribution < -0.4 is 104 Å². The van der Waals surface area contributed by atoms with Crippen LogP contribution in [0.25, 0.3) is 0 Å². The summed E-state index contributed by atoms with van der Waals surface area (Å²) in [6, 6.07) is 5.21. The van der Waals surface area contributed by atoms with Crippen molar-refractivity contribution in [3.05, 3.63) is 35.9 Å². The number of nitrogens with one attached hydrogen (secondary N) is 11. The van der Waals surface area contributed by atoms with Gasteiger partial charge in [0, 0.05) is 125 Å². The molecule has 4 saturated heterocycles. The fourth-order valence-corrected chi connectivity index (χ4v) is 17.3. The minimum Gasteiger partial charge on any atom is -0.370 e. The summed E-state index contributed by atoms with van der Waals surface area (Å²) < 4.78 is 0. The van der Waals surface area contributed by atoms with Gasteiger partial charge in [-0.05, 0) is 168 Å². The van der Waals surface area contributed by atoms with Gasteiger partial charge < -0.3 is 104 Å². The zero-order valence-corrected chi connectivity index (χ0v) is 90.1. The van der Waals surface area contributed by atoms with E-state index < -0.39 is 87.9 Å². The summed E-state index contributed by atoms with van der Waals surface area (Å²) in [5.41, 5.74) is 39.5. The lowest BCUT2D eigenvalue weighted by Crippen LogP contribution is -2.55. The smallest absolute Gasteiger partial charge is 0.247 e. The molecule has 820 valence electrons. The van der Waals surface area contributed by atoms with Crippen LogP contribution in [0.5, 0.6) is 0 Å². The molecule has 0 unspecified atom stereocenters. The van der Waals surface area contributed by atoms with Crippen LogP contribution in [0.2, 0.25) is 0 Å². The maximum atomic E-state index is 13.7. The Kier molecular flexibility index (Phi) is 61.5. The molecule has 27 N–H and O–H groups in total. The number of benzene rings is 1. The van der Waals surface area contributed by atoms with Crippen molar-refractivity contribution in [3.8, 4) is 0 Å². The Bertz CT molecular complexity index is 4410. The third-order valence-electron chi connectivity index (χ3n) is 27.1. The molecule has 13 atom stereocenters. The number of carbonyl (C=O) groups excluding carboxylic acids is 17. The molecule has 0 bridgehead atoms. The SMILES string of the molecule is CC[C@@H]1NC(=O)[C@H](CCCN=C(N)N)CC(=O)[C@](C)(NC(=O)C(C)C)CCCCCCC1=O.CC[C@@H]1NC(=O)[C@H](CCCN=C(N)N)CC(=O)[C@](C)(NC(=O)C(C)C)CCCCCCCC1=O.CC[C@@H]1NC(=O)[C@H](CCCN=C(N)N)CC(=O)[C@](C)(NC(=O)C(C)C)CCCCCCCCNC1=O.CC[C@@H]1NC(=O)[C@H](CCCN=C(N)N)CC(=O)[C@](C)(NC(=O)C(C)C)CCCCNC(=O)[C@@H](c2ccccc2)NC1=O. The fourth-order valence-electron chi connectivity index (χ4n) is 17.3. The number of aliphatic imine (C=N–C) groups is 4. The van der Waals surface area contributed by atoms with Gasteiger partial charge in [0.25, 0.3) is 0 Å². The van der Waals surface area contributed by atoms with Gasteiger partial charge >= 0.3 is 0 Å². The summed E-state index contributed by atoms with van der Waals surface area (Å²) in [4.78, 5) is 238. The quantitative estimate of drug-likeness (QED) is 0.0211. The molecule has 40 heteroatoms. The van der Waals surface area contributed by atoms with Crippen LogP contribution in [0.3, 0.4) is 0 Å². The molecule has 0 aliphatic carbocycles. The van der Waals surface area contributed by atoms with Crippen LogP contribution in [0.4, 0.5) is 0 Å². The van der Waals surface area contributed by atoms with Gasteiger partial charge in [0.15, 0.2) is 58.5 Å². The first kappa shape index (κ1) is 130. The average molecular weight is 2040 g/mol. The Morgan fingerprint density at radius 3 is 0.834 bits per heavy atom. The van der Waals surface area contributed by atoms with E-state index in [0.717, 1.165) is 96.3 Å². The predicted octanol–water partition coefficient (Wildman–Crippen LogP) is 7.42. The standard InChI is InChI=1S/C30H47N7O5.C26H48N6O4.C25H45N5O4.C24H43N5O4/c1-5-22-27(41)36-24(20-12-7-6-8-13-20)28(42)33-16-10-9-15-30(4,37-25(39)19(2)3)23(38)18-21(26(40)35-22)14-11-17-34-29(31)32;1-5-20-24(36)29-15-11-9-7-6-8-10-14-26(4,32-22(34)18(2)3)21(33)17-19(23(35)31-20)13-12-16-30-25(27)28;1-5-19-20(31)13-9-7-6-8-10-14-25(4,30-22(33)17(2)3)21(32)16-18(23(34)29-19)12-11-15-28-24(26)27;1-5-18-19(30)12-8-6-7-9-13-24(4,29-21(32)16(2)3)20(31)15-17(22(33)28-18)11-10-14-27-23(25)26/h6-8,12-13,19,21-22,24H,5,9-11,14-18H2,1-4H3,(H,33,42)(H,35,40)(H,36,41)(H,37,39)(H4,31,32,34);18-20H,5-17H2,1-4H3,(H,29,36)(H,31,35)(H,32,34)(H4,27,28,30);17-19H,5-16H2,1-4H3,(H,29,34)(H,30,33)(H4,26,27,28);16-18H,5-15H2,1-4H3,(H,28,33)(H,29,32)(H4,25,26,27)/t21-,22+,24-,30-;19-,20+,26-;18-,19+,25-;17-,18+,24-/m1111/s1.